The van der Waals surface area contributed by atoms with Crippen molar-refractivity contribution in [3.8, 4) is 0 Å². The largest absolute Gasteiger partial charge is 0.371 e. The summed E-state index contributed by atoms with van der Waals surface area (Å²) in [5, 5.41) is 0.897. The van der Waals surface area contributed by atoms with Crippen molar-refractivity contribution in [2.24, 2.45) is 11.7 Å². The Morgan fingerprint density at radius 2 is 2.05 bits per heavy atom. The van der Waals surface area contributed by atoms with Crippen molar-refractivity contribution >= 4 is 16.6 Å². The van der Waals surface area contributed by atoms with E-state index in [9.17, 15) is 4.39 Å². The monoisotopic (exact) mass is 259 g/mol. The van der Waals surface area contributed by atoms with Crippen LogP contribution >= 0.6 is 0 Å². The highest BCUT2D eigenvalue weighted by molar-refractivity contribution is 5.91. The maximum absolute atomic E-state index is 13.4. The molecule has 1 fully saturated rings. The minimum Gasteiger partial charge on any atom is -0.371 e. The number of hydrogen-bond donors (Lipinski definition) is 1. The van der Waals surface area contributed by atoms with Crippen molar-refractivity contribution in [2.75, 3.05) is 24.5 Å². The number of anilines is 1. The Balaban J connectivity index is 1.94. The number of piperidine rings is 1. The van der Waals surface area contributed by atoms with E-state index in [0.717, 1.165) is 49.1 Å². The van der Waals surface area contributed by atoms with Crippen molar-refractivity contribution in [2.45, 2.75) is 12.8 Å². The molecule has 2 N–H and O–H groups in total. The molecule has 1 aliphatic heterocycles. The zero-order valence-electron chi connectivity index (χ0n) is 10.8. The van der Waals surface area contributed by atoms with E-state index in [1.165, 1.54) is 6.07 Å². The summed E-state index contributed by atoms with van der Waals surface area (Å²) in [6.07, 6.45) is 4.01. The van der Waals surface area contributed by atoms with Crippen LogP contribution in [-0.2, 0) is 0 Å². The summed E-state index contributed by atoms with van der Waals surface area (Å²) in [5.74, 6) is 0.416. The van der Waals surface area contributed by atoms with E-state index < -0.39 is 0 Å². The third-order valence-corrected chi connectivity index (χ3v) is 3.97. The van der Waals surface area contributed by atoms with Crippen molar-refractivity contribution in [3.05, 3.63) is 36.3 Å². The predicted octanol–water partition coefficient (Wildman–Crippen LogP) is 2.55. The van der Waals surface area contributed by atoms with Gasteiger partial charge in [0.2, 0.25) is 0 Å². The highest BCUT2D eigenvalue weighted by atomic mass is 19.1. The Morgan fingerprint density at radius 1 is 1.26 bits per heavy atom. The number of hydrogen-bond acceptors (Lipinski definition) is 3. The van der Waals surface area contributed by atoms with E-state index >= 15 is 0 Å². The van der Waals surface area contributed by atoms with Crippen molar-refractivity contribution in [1.82, 2.24) is 4.98 Å². The van der Waals surface area contributed by atoms with Gasteiger partial charge in [0.25, 0.3) is 0 Å². The van der Waals surface area contributed by atoms with Gasteiger partial charge in [-0.1, -0.05) is 0 Å². The third-order valence-electron chi connectivity index (χ3n) is 3.97. The third kappa shape index (κ3) is 2.40. The van der Waals surface area contributed by atoms with Gasteiger partial charge >= 0.3 is 0 Å². The zero-order valence-corrected chi connectivity index (χ0v) is 10.8. The smallest absolute Gasteiger partial charge is 0.124 e. The quantitative estimate of drug-likeness (QED) is 0.901. The fourth-order valence-electron chi connectivity index (χ4n) is 2.79. The summed E-state index contributed by atoms with van der Waals surface area (Å²) >= 11 is 0. The van der Waals surface area contributed by atoms with Gasteiger partial charge < -0.3 is 10.6 Å². The molecule has 1 saturated heterocycles. The summed E-state index contributed by atoms with van der Waals surface area (Å²) in [4.78, 5) is 6.61. The molecule has 0 amide bonds. The molecule has 0 radical (unpaired) electrons. The van der Waals surface area contributed by atoms with Gasteiger partial charge in [-0.3, -0.25) is 4.98 Å². The van der Waals surface area contributed by atoms with Crippen LogP contribution in [0.2, 0.25) is 0 Å². The van der Waals surface area contributed by atoms with Crippen molar-refractivity contribution < 1.29 is 4.39 Å². The molecule has 1 aromatic heterocycles. The first-order valence-electron chi connectivity index (χ1n) is 6.77. The van der Waals surface area contributed by atoms with Gasteiger partial charge in [0.15, 0.2) is 0 Å². The zero-order chi connectivity index (χ0) is 13.2. The second-order valence-electron chi connectivity index (χ2n) is 5.16. The average Bonchev–Trinajstić information content (AvgIpc) is 2.47. The van der Waals surface area contributed by atoms with Crippen molar-refractivity contribution in [3.63, 3.8) is 0 Å². The first-order chi connectivity index (χ1) is 9.28. The lowest BCUT2D eigenvalue weighted by molar-refractivity contribution is 0.415. The van der Waals surface area contributed by atoms with Crippen LogP contribution in [0.1, 0.15) is 12.8 Å². The SMILES string of the molecule is NCC1CCN(c2ccnc3ccc(F)cc23)CC1. The van der Waals surface area contributed by atoms with Gasteiger partial charge in [-0.2, -0.15) is 0 Å². The second kappa shape index (κ2) is 5.13. The van der Waals surface area contributed by atoms with E-state index in [1.54, 1.807) is 18.3 Å². The van der Waals surface area contributed by atoms with Crippen LogP contribution in [0, 0.1) is 11.7 Å². The molecule has 0 aliphatic carbocycles. The number of nitrogens with zero attached hydrogens (tertiary/aromatic N) is 2. The minimum absolute atomic E-state index is 0.210. The molecule has 2 heterocycles. The molecule has 3 nitrogen and oxygen atoms in total. The van der Waals surface area contributed by atoms with Gasteiger partial charge in [-0.05, 0) is 49.6 Å². The van der Waals surface area contributed by atoms with E-state index in [2.05, 4.69) is 9.88 Å². The molecule has 0 spiro atoms. The van der Waals surface area contributed by atoms with Crippen molar-refractivity contribution in [1.29, 1.82) is 0 Å². The fraction of sp³-hybridized carbons (Fsp3) is 0.400. The molecular weight excluding hydrogens is 241 g/mol. The average molecular weight is 259 g/mol. The Morgan fingerprint density at radius 3 is 2.79 bits per heavy atom. The van der Waals surface area contributed by atoms with Crippen LogP contribution < -0.4 is 10.6 Å². The van der Waals surface area contributed by atoms with Crippen LogP contribution in [0.5, 0.6) is 0 Å². The molecule has 19 heavy (non-hydrogen) atoms. The summed E-state index contributed by atoms with van der Waals surface area (Å²) < 4.78 is 13.4. The normalized spacial score (nSPS) is 17.1. The molecular formula is C15H18FN3. The number of pyridine rings is 1. The lowest BCUT2D eigenvalue weighted by Gasteiger charge is -2.33. The maximum atomic E-state index is 13.4. The van der Waals surface area contributed by atoms with Crippen LogP contribution in [0.25, 0.3) is 10.9 Å². The van der Waals surface area contributed by atoms with Crippen LogP contribution in [0.15, 0.2) is 30.5 Å². The first kappa shape index (κ1) is 12.4. The number of benzene rings is 1. The lowest BCUT2D eigenvalue weighted by Crippen LogP contribution is -2.36. The second-order valence-corrected chi connectivity index (χ2v) is 5.16. The van der Waals surface area contributed by atoms with Gasteiger partial charge in [-0.15, -0.1) is 0 Å². The summed E-state index contributed by atoms with van der Waals surface area (Å²) in [6.45, 7) is 2.73. The van der Waals surface area contributed by atoms with Gasteiger partial charge in [-0.25, -0.2) is 4.39 Å². The number of rotatable bonds is 2. The summed E-state index contributed by atoms with van der Waals surface area (Å²) in [7, 11) is 0. The Kier molecular flexibility index (Phi) is 3.34. The molecule has 1 aromatic carbocycles. The fourth-order valence-corrected chi connectivity index (χ4v) is 2.79. The highest BCUT2D eigenvalue weighted by Crippen LogP contribution is 2.29. The molecule has 100 valence electrons. The van der Waals surface area contributed by atoms with E-state index in [0.29, 0.717) is 5.92 Å². The molecule has 0 atom stereocenters. The van der Waals surface area contributed by atoms with E-state index in [-0.39, 0.29) is 5.82 Å². The van der Waals surface area contributed by atoms with Gasteiger partial charge in [0.05, 0.1) is 5.52 Å². The molecule has 0 bridgehead atoms. The van der Waals surface area contributed by atoms with E-state index in [4.69, 9.17) is 5.73 Å². The molecule has 1 aliphatic rings. The maximum Gasteiger partial charge on any atom is 0.124 e. The predicted molar refractivity (Wildman–Crippen MR) is 75.7 cm³/mol. The van der Waals surface area contributed by atoms with Crippen LogP contribution in [0.3, 0.4) is 0 Å². The highest BCUT2D eigenvalue weighted by Gasteiger charge is 2.19. The summed E-state index contributed by atoms with van der Waals surface area (Å²) in [6, 6.07) is 6.75. The van der Waals surface area contributed by atoms with E-state index in [1.807, 2.05) is 6.07 Å². The van der Waals surface area contributed by atoms with Crippen LogP contribution in [0.4, 0.5) is 10.1 Å². The first-order valence-corrected chi connectivity index (χ1v) is 6.77. The number of aromatic nitrogens is 1. The molecule has 0 unspecified atom stereocenters. The molecule has 4 heteroatoms. The minimum atomic E-state index is -0.210. The number of fused-ring (bicyclic) bond motifs is 1. The number of nitrogens with two attached hydrogens (primary N) is 1. The Hall–Kier alpha value is -1.68. The summed E-state index contributed by atoms with van der Waals surface area (Å²) in [5.41, 5.74) is 7.65. The standard InChI is InChI=1S/C15H18FN3/c16-12-1-2-14-13(9-12)15(3-6-18-14)19-7-4-11(10-17)5-8-19/h1-3,6,9,11H,4-5,7-8,10,17H2. The lowest BCUT2D eigenvalue weighted by atomic mass is 9.96. The Labute approximate surface area is 112 Å². The number of halogens is 1. The van der Waals surface area contributed by atoms with Gasteiger partial charge in [0, 0.05) is 30.4 Å². The van der Waals surface area contributed by atoms with Gasteiger partial charge in [0.1, 0.15) is 5.82 Å². The Bertz CT molecular complexity index is 577. The molecule has 2 aromatic rings. The van der Waals surface area contributed by atoms with Crippen LogP contribution in [-0.4, -0.2) is 24.6 Å². The molecule has 0 saturated carbocycles. The molecule has 3 rings (SSSR count). The topological polar surface area (TPSA) is 42.1 Å².